The van der Waals surface area contributed by atoms with Gasteiger partial charge in [0.05, 0.1) is 6.54 Å². The van der Waals surface area contributed by atoms with E-state index in [2.05, 4.69) is 10.6 Å². The Kier molecular flexibility index (Phi) is 4.37. The van der Waals surface area contributed by atoms with E-state index in [1.54, 1.807) is 12.1 Å². The molecule has 2 rings (SSSR count). The lowest BCUT2D eigenvalue weighted by molar-refractivity contribution is -0.120. The number of halogens is 1. The molecule has 104 valence electrons. The molecule has 1 aliphatic heterocycles. The van der Waals surface area contributed by atoms with E-state index in [0.717, 1.165) is 24.3 Å². The lowest BCUT2D eigenvalue weighted by Crippen LogP contribution is -2.48. The summed E-state index contributed by atoms with van der Waals surface area (Å²) in [6.45, 7) is 6.55. The highest BCUT2D eigenvalue weighted by Gasteiger charge is 2.21. The van der Waals surface area contributed by atoms with Crippen molar-refractivity contribution < 1.29 is 9.18 Å². The van der Waals surface area contributed by atoms with Crippen molar-refractivity contribution in [2.45, 2.75) is 19.9 Å². The van der Waals surface area contributed by atoms with Crippen LogP contribution in [0.4, 0.5) is 10.1 Å². The molecule has 19 heavy (non-hydrogen) atoms. The van der Waals surface area contributed by atoms with Gasteiger partial charge in [0.15, 0.2) is 0 Å². The minimum Gasteiger partial charge on any atom is -0.360 e. The van der Waals surface area contributed by atoms with Crippen LogP contribution < -0.4 is 15.5 Å². The van der Waals surface area contributed by atoms with Gasteiger partial charge in [0, 0.05) is 24.8 Å². The second-order valence-corrected chi connectivity index (χ2v) is 4.75. The second kappa shape index (κ2) is 6.02. The maximum atomic E-state index is 13.5. The van der Waals surface area contributed by atoms with Gasteiger partial charge in [-0.25, -0.2) is 4.39 Å². The lowest BCUT2D eigenvalue weighted by Gasteiger charge is -2.31. The van der Waals surface area contributed by atoms with E-state index >= 15 is 0 Å². The average molecular weight is 265 g/mol. The van der Waals surface area contributed by atoms with E-state index in [0.29, 0.717) is 13.1 Å². The number of nitrogens with one attached hydrogen (secondary N) is 2. The molecule has 0 aromatic heterocycles. The summed E-state index contributed by atoms with van der Waals surface area (Å²) in [7, 11) is 0. The van der Waals surface area contributed by atoms with Crippen LogP contribution in [0.15, 0.2) is 18.2 Å². The van der Waals surface area contributed by atoms with Crippen LogP contribution in [0.3, 0.4) is 0 Å². The zero-order valence-corrected chi connectivity index (χ0v) is 11.4. The highest BCUT2D eigenvalue weighted by atomic mass is 19.1. The summed E-state index contributed by atoms with van der Waals surface area (Å²) >= 11 is 0. The van der Waals surface area contributed by atoms with Gasteiger partial charge in [0.25, 0.3) is 0 Å². The quantitative estimate of drug-likeness (QED) is 0.865. The van der Waals surface area contributed by atoms with Gasteiger partial charge in [-0.1, -0.05) is 6.92 Å². The third-order valence-corrected chi connectivity index (χ3v) is 3.35. The molecule has 1 aromatic carbocycles. The van der Waals surface area contributed by atoms with E-state index in [1.165, 1.54) is 6.07 Å². The molecule has 5 heteroatoms. The molecule has 1 amide bonds. The molecule has 1 aromatic rings. The normalized spacial score (nSPS) is 17.2. The third-order valence-electron chi connectivity index (χ3n) is 3.35. The molecular weight excluding hydrogens is 245 g/mol. The van der Waals surface area contributed by atoms with Gasteiger partial charge in [-0.15, -0.1) is 0 Å². The molecule has 2 N–H and O–H groups in total. The van der Waals surface area contributed by atoms with Crippen LogP contribution in [0.1, 0.15) is 25.5 Å². The van der Waals surface area contributed by atoms with E-state index in [-0.39, 0.29) is 17.8 Å². The van der Waals surface area contributed by atoms with Crippen molar-refractivity contribution in [2.75, 3.05) is 31.1 Å². The molecule has 0 saturated carbocycles. The van der Waals surface area contributed by atoms with Crippen LogP contribution in [-0.4, -0.2) is 32.1 Å². The fourth-order valence-electron chi connectivity index (χ4n) is 2.42. The first-order valence-corrected chi connectivity index (χ1v) is 6.66. The van der Waals surface area contributed by atoms with E-state index < -0.39 is 0 Å². The minimum absolute atomic E-state index is 0.0117. The van der Waals surface area contributed by atoms with Crippen molar-refractivity contribution in [3.8, 4) is 0 Å². The predicted molar refractivity (Wildman–Crippen MR) is 73.7 cm³/mol. The number of hydrogen-bond donors (Lipinski definition) is 2. The number of amides is 1. The molecular formula is C14H20FN3O. The molecule has 1 atom stereocenters. The number of carbonyl (C=O) groups is 1. The van der Waals surface area contributed by atoms with E-state index in [4.69, 9.17) is 0 Å². The summed E-state index contributed by atoms with van der Waals surface area (Å²) in [6.07, 6.45) is 0. The largest absolute Gasteiger partial charge is 0.360 e. The number of carbonyl (C=O) groups excluding carboxylic acids is 1. The lowest BCUT2D eigenvalue weighted by atomic mass is 10.0. The van der Waals surface area contributed by atoms with Crippen molar-refractivity contribution in [2.24, 2.45) is 0 Å². The van der Waals surface area contributed by atoms with Crippen molar-refractivity contribution in [3.05, 3.63) is 29.6 Å². The summed E-state index contributed by atoms with van der Waals surface area (Å²) in [4.78, 5) is 13.5. The molecule has 1 fully saturated rings. The summed E-state index contributed by atoms with van der Waals surface area (Å²) in [6, 6.07) is 4.82. The first-order valence-electron chi connectivity index (χ1n) is 6.66. The van der Waals surface area contributed by atoms with Crippen LogP contribution in [-0.2, 0) is 4.79 Å². The number of anilines is 1. The number of rotatable bonds is 4. The number of hydrogen-bond acceptors (Lipinski definition) is 3. The monoisotopic (exact) mass is 265 g/mol. The van der Waals surface area contributed by atoms with Crippen molar-refractivity contribution in [3.63, 3.8) is 0 Å². The number of benzene rings is 1. The van der Waals surface area contributed by atoms with Crippen LogP contribution in [0.25, 0.3) is 0 Å². The summed E-state index contributed by atoms with van der Waals surface area (Å²) in [5.74, 6) is -0.234. The summed E-state index contributed by atoms with van der Waals surface area (Å²) in [5.41, 5.74) is 1.83. The SMILES string of the molecule is CCNC(C)c1cc(F)ccc1N1CCNC(=O)C1. The zero-order valence-electron chi connectivity index (χ0n) is 11.4. The zero-order chi connectivity index (χ0) is 13.8. The fraction of sp³-hybridized carbons (Fsp3) is 0.500. The Balaban J connectivity index is 2.30. The highest BCUT2D eigenvalue weighted by molar-refractivity contribution is 5.83. The molecule has 1 saturated heterocycles. The molecule has 1 heterocycles. The summed E-state index contributed by atoms with van der Waals surface area (Å²) < 4.78 is 13.5. The van der Waals surface area contributed by atoms with Crippen molar-refractivity contribution in [1.82, 2.24) is 10.6 Å². The van der Waals surface area contributed by atoms with Crippen LogP contribution in [0.2, 0.25) is 0 Å². The highest BCUT2D eigenvalue weighted by Crippen LogP contribution is 2.27. The van der Waals surface area contributed by atoms with Gasteiger partial charge in [-0.3, -0.25) is 4.79 Å². The predicted octanol–water partition coefficient (Wildman–Crippen LogP) is 1.43. The molecule has 4 nitrogen and oxygen atoms in total. The Morgan fingerprint density at radius 2 is 2.32 bits per heavy atom. The van der Waals surface area contributed by atoms with Gasteiger partial charge in [-0.05, 0) is 37.2 Å². The molecule has 0 radical (unpaired) electrons. The Bertz CT molecular complexity index is 464. The maximum absolute atomic E-state index is 13.5. The third kappa shape index (κ3) is 3.23. The standard InChI is InChI=1S/C14H20FN3O/c1-3-16-10(2)12-8-11(15)4-5-13(12)18-7-6-17-14(19)9-18/h4-5,8,10,16H,3,6-7,9H2,1-2H3,(H,17,19). The first kappa shape index (κ1) is 13.8. The average Bonchev–Trinajstić information content (AvgIpc) is 2.39. The second-order valence-electron chi connectivity index (χ2n) is 4.75. The minimum atomic E-state index is -0.245. The van der Waals surface area contributed by atoms with Gasteiger partial charge in [-0.2, -0.15) is 0 Å². The summed E-state index contributed by atoms with van der Waals surface area (Å²) in [5, 5.41) is 6.08. The van der Waals surface area contributed by atoms with Crippen LogP contribution in [0, 0.1) is 5.82 Å². The van der Waals surface area contributed by atoms with Gasteiger partial charge >= 0.3 is 0 Å². The Morgan fingerprint density at radius 1 is 1.53 bits per heavy atom. The number of nitrogens with zero attached hydrogens (tertiary/aromatic N) is 1. The van der Waals surface area contributed by atoms with Crippen LogP contribution in [0.5, 0.6) is 0 Å². The first-order chi connectivity index (χ1) is 9.11. The smallest absolute Gasteiger partial charge is 0.239 e. The molecule has 0 bridgehead atoms. The molecule has 0 spiro atoms. The van der Waals surface area contributed by atoms with Crippen LogP contribution >= 0.6 is 0 Å². The van der Waals surface area contributed by atoms with Gasteiger partial charge in [0.1, 0.15) is 5.82 Å². The van der Waals surface area contributed by atoms with Crippen molar-refractivity contribution in [1.29, 1.82) is 0 Å². The van der Waals surface area contributed by atoms with Gasteiger partial charge in [0.2, 0.25) is 5.91 Å². The number of piperazine rings is 1. The van der Waals surface area contributed by atoms with E-state index in [1.807, 2.05) is 18.7 Å². The molecule has 0 aliphatic carbocycles. The fourth-order valence-corrected chi connectivity index (χ4v) is 2.42. The Labute approximate surface area is 113 Å². The maximum Gasteiger partial charge on any atom is 0.239 e. The topological polar surface area (TPSA) is 44.4 Å². The van der Waals surface area contributed by atoms with Crippen molar-refractivity contribution >= 4 is 11.6 Å². The van der Waals surface area contributed by atoms with Gasteiger partial charge < -0.3 is 15.5 Å². The van der Waals surface area contributed by atoms with E-state index in [9.17, 15) is 9.18 Å². The Morgan fingerprint density at radius 3 is 3.00 bits per heavy atom. The molecule has 1 unspecified atom stereocenters. The molecule has 1 aliphatic rings. The Hall–Kier alpha value is -1.62.